The number of aryl methyl sites for hydroxylation is 1. The Kier molecular flexibility index (Phi) is 2.84. The normalized spacial score (nSPS) is 25.3. The fourth-order valence-electron chi connectivity index (χ4n) is 2.43. The molecular formula is C11H17N5. The molecule has 1 saturated carbocycles. The van der Waals surface area contributed by atoms with Gasteiger partial charge >= 0.3 is 0 Å². The van der Waals surface area contributed by atoms with Gasteiger partial charge in [-0.25, -0.2) is 0 Å². The second-order valence-corrected chi connectivity index (χ2v) is 4.44. The molecule has 1 aromatic heterocycles. The van der Waals surface area contributed by atoms with E-state index in [-0.39, 0.29) is 12.0 Å². The number of nitriles is 1. The van der Waals surface area contributed by atoms with Crippen LogP contribution in [0, 0.1) is 11.3 Å². The van der Waals surface area contributed by atoms with Crippen molar-refractivity contribution < 1.29 is 0 Å². The molecule has 2 unspecified atom stereocenters. The highest BCUT2D eigenvalue weighted by Crippen LogP contribution is 2.34. The van der Waals surface area contributed by atoms with Crippen molar-refractivity contribution in [1.82, 2.24) is 9.78 Å². The molecule has 86 valence electrons. The maximum absolute atomic E-state index is 9.11. The summed E-state index contributed by atoms with van der Waals surface area (Å²) < 4.78 is 1.56. The molecule has 0 amide bonds. The Bertz CT molecular complexity index is 428. The van der Waals surface area contributed by atoms with Crippen LogP contribution >= 0.6 is 0 Å². The predicted molar refractivity (Wildman–Crippen MR) is 61.5 cm³/mol. The molecule has 0 saturated heterocycles. The van der Waals surface area contributed by atoms with E-state index < -0.39 is 0 Å². The van der Waals surface area contributed by atoms with Crippen molar-refractivity contribution in [3.8, 4) is 6.07 Å². The first-order chi connectivity index (χ1) is 7.65. The largest absolute Gasteiger partial charge is 0.383 e. The Balaban J connectivity index is 2.39. The zero-order chi connectivity index (χ0) is 11.7. The smallest absolute Gasteiger partial charge is 0.139 e. The molecule has 5 nitrogen and oxygen atoms in total. The molecule has 2 atom stereocenters. The quantitative estimate of drug-likeness (QED) is 0.732. The van der Waals surface area contributed by atoms with Crippen molar-refractivity contribution in [2.45, 2.75) is 37.6 Å². The Labute approximate surface area is 95.0 Å². The van der Waals surface area contributed by atoms with Gasteiger partial charge in [-0.15, -0.1) is 0 Å². The molecule has 16 heavy (non-hydrogen) atoms. The summed E-state index contributed by atoms with van der Waals surface area (Å²) in [5.41, 5.74) is 13.2. The highest BCUT2D eigenvalue weighted by molar-refractivity contribution is 5.53. The summed E-state index contributed by atoms with van der Waals surface area (Å²) in [6.45, 7) is 0. The molecule has 0 radical (unpaired) electrons. The van der Waals surface area contributed by atoms with Crippen LogP contribution in [0.3, 0.4) is 0 Å². The van der Waals surface area contributed by atoms with Gasteiger partial charge in [-0.1, -0.05) is 12.8 Å². The van der Waals surface area contributed by atoms with Crippen molar-refractivity contribution in [2.24, 2.45) is 12.8 Å². The van der Waals surface area contributed by atoms with Gasteiger partial charge in [-0.2, -0.15) is 10.4 Å². The van der Waals surface area contributed by atoms with Crippen LogP contribution in [-0.4, -0.2) is 15.8 Å². The van der Waals surface area contributed by atoms with Crippen LogP contribution in [0.2, 0.25) is 0 Å². The van der Waals surface area contributed by atoms with Gasteiger partial charge in [0.2, 0.25) is 0 Å². The number of rotatable bonds is 1. The van der Waals surface area contributed by atoms with Crippen molar-refractivity contribution >= 4 is 5.82 Å². The van der Waals surface area contributed by atoms with Gasteiger partial charge in [0.05, 0.1) is 5.69 Å². The molecule has 1 fully saturated rings. The van der Waals surface area contributed by atoms with Crippen molar-refractivity contribution in [2.75, 3.05) is 5.73 Å². The monoisotopic (exact) mass is 219 g/mol. The summed E-state index contributed by atoms with van der Waals surface area (Å²) in [4.78, 5) is 0. The Hall–Kier alpha value is -1.54. The summed E-state index contributed by atoms with van der Waals surface area (Å²) in [6, 6.07) is 2.25. The highest BCUT2D eigenvalue weighted by Gasteiger charge is 2.29. The number of anilines is 1. The molecular weight excluding hydrogens is 202 g/mol. The van der Waals surface area contributed by atoms with E-state index in [0.717, 1.165) is 25.0 Å². The molecule has 1 aliphatic rings. The summed E-state index contributed by atoms with van der Waals surface area (Å²) in [6.07, 6.45) is 4.33. The number of nitrogen functional groups attached to an aromatic ring is 1. The van der Waals surface area contributed by atoms with E-state index in [1.165, 1.54) is 6.42 Å². The van der Waals surface area contributed by atoms with Crippen LogP contribution in [0.5, 0.6) is 0 Å². The van der Waals surface area contributed by atoms with E-state index in [0.29, 0.717) is 11.4 Å². The molecule has 2 rings (SSSR count). The van der Waals surface area contributed by atoms with E-state index in [1.54, 1.807) is 11.7 Å². The first kappa shape index (κ1) is 11.0. The van der Waals surface area contributed by atoms with Crippen LogP contribution in [0.4, 0.5) is 5.82 Å². The van der Waals surface area contributed by atoms with Gasteiger partial charge in [0.1, 0.15) is 17.5 Å². The zero-order valence-electron chi connectivity index (χ0n) is 9.48. The third kappa shape index (κ3) is 1.65. The van der Waals surface area contributed by atoms with Crippen LogP contribution in [0.25, 0.3) is 0 Å². The minimum atomic E-state index is 0.107. The SMILES string of the molecule is Cn1nc(C2CCCCC2N)c(C#N)c1N. The minimum Gasteiger partial charge on any atom is -0.383 e. The van der Waals surface area contributed by atoms with E-state index in [1.807, 2.05) is 0 Å². The van der Waals surface area contributed by atoms with Gasteiger partial charge in [-0.3, -0.25) is 4.68 Å². The molecule has 5 heteroatoms. The molecule has 0 aliphatic heterocycles. The van der Waals surface area contributed by atoms with Crippen LogP contribution in [-0.2, 0) is 7.05 Å². The van der Waals surface area contributed by atoms with Crippen molar-refractivity contribution in [3.05, 3.63) is 11.3 Å². The maximum Gasteiger partial charge on any atom is 0.139 e. The lowest BCUT2D eigenvalue weighted by Gasteiger charge is -2.27. The van der Waals surface area contributed by atoms with E-state index >= 15 is 0 Å². The summed E-state index contributed by atoms with van der Waals surface area (Å²) >= 11 is 0. The van der Waals surface area contributed by atoms with Gasteiger partial charge in [0.15, 0.2) is 0 Å². The summed E-state index contributed by atoms with van der Waals surface area (Å²) in [5, 5.41) is 13.4. The van der Waals surface area contributed by atoms with Crippen molar-refractivity contribution in [1.29, 1.82) is 5.26 Å². The van der Waals surface area contributed by atoms with Crippen LogP contribution < -0.4 is 11.5 Å². The molecule has 0 bridgehead atoms. The number of nitrogens with zero attached hydrogens (tertiary/aromatic N) is 3. The summed E-state index contributed by atoms with van der Waals surface area (Å²) in [5.74, 6) is 0.627. The first-order valence-electron chi connectivity index (χ1n) is 5.63. The zero-order valence-corrected chi connectivity index (χ0v) is 9.48. The number of hydrogen-bond acceptors (Lipinski definition) is 4. The molecule has 1 heterocycles. The van der Waals surface area contributed by atoms with Crippen LogP contribution in [0.1, 0.15) is 42.9 Å². The predicted octanol–water partition coefficient (Wildman–Crippen LogP) is 0.859. The molecule has 4 N–H and O–H groups in total. The molecule has 0 spiro atoms. The van der Waals surface area contributed by atoms with Gasteiger partial charge < -0.3 is 11.5 Å². The van der Waals surface area contributed by atoms with Gasteiger partial charge in [-0.05, 0) is 12.8 Å². The lowest BCUT2D eigenvalue weighted by atomic mass is 9.82. The topological polar surface area (TPSA) is 93.6 Å². The van der Waals surface area contributed by atoms with Gasteiger partial charge in [0, 0.05) is 19.0 Å². The average molecular weight is 219 g/mol. The third-order valence-electron chi connectivity index (χ3n) is 3.40. The highest BCUT2D eigenvalue weighted by atomic mass is 15.3. The Morgan fingerprint density at radius 2 is 2.12 bits per heavy atom. The van der Waals surface area contributed by atoms with Crippen LogP contribution in [0.15, 0.2) is 0 Å². The van der Waals surface area contributed by atoms with E-state index in [2.05, 4.69) is 11.2 Å². The summed E-state index contributed by atoms with van der Waals surface area (Å²) in [7, 11) is 1.76. The molecule has 1 aromatic rings. The van der Waals surface area contributed by atoms with Crippen molar-refractivity contribution in [3.63, 3.8) is 0 Å². The second kappa shape index (κ2) is 4.14. The first-order valence-corrected chi connectivity index (χ1v) is 5.63. The fraction of sp³-hybridized carbons (Fsp3) is 0.636. The number of nitrogens with two attached hydrogens (primary N) is 2. The lowest BCUT2D eigenvalue weighted by Crippen LogP contribution is -2.32. The lowest BCUT2D eigenvalue weighted by molar-refractivity contribution is 0.377. The average Bonchev–Trinajstić information content (AvgIpc) is 2.56. The minimum absolute atomic E-state index is 0.107. The molecule has 0 aromatic carbocycles. The molecule has 1 aliphatic carbocycles. The number of aromatic nitrogens is 2. The van der Waals surface area contributed by atoms with Gasteiger partial charge in [0.25, 0.3) is 0 Å². The fourth-order valence-corrected chi connectivity index (χ4v) is 2.43. The Morgan fingerprint density at radius 3 is 2.75 bits per heavy atom. The number of hydrogen-bond donors (Lipinski definition) is 2. The van der Waals surface area contributed by atoms with E-state index in [4.69, 9.17) is 16.7 Å². The van der Waals surface area contributed by atoms with E-state index in [9.17, 15) is 0 Å². The third-order valence-corrected chi connectivity index (χ3v) is 3.40. The maximum atomic E-state index is 9.11. The second-order valence-electron chi connectivity index (χ2n) is 4.44. The standard InChI is InChI=1S/C11H17N5/c1-16-11(14)8(6-12)10(15-16)7-4-2-3-5-9(7)13/h7,9H,2-5,13-14H2,1H3. The Morgan fingerprint density at radius 1 is 1.44 bits per heavy atom.